The van der Waals surface area contributed by atoms with Gasteiger partial charge in [-0.1, -0.05) is 42.5 Å². The minimum atomic E-state index is -0.888. The Labute approximate surface area is 156 Å². The number of rotatable bonds is 5. The van der Waals surface area contributed by atoms with Gasteiger partial charge in [0.1, 0.15) is 11.9 Å². The van der Waals surface area contributed by atoms with E-state index in [1.165, 1.54) is 19.2 Å². The van der Waals surface area contributed by atoms with Gasteiger partial charge in [0.2, 0.25) is 0 Å². The Balaban J connectivity index is 1.69. The topological polar surface area (TPSA) is 67.4 Å². The second-order valence-electron chi connectivity index (χ2n) is 6.07. The molecule has 0 aliphatic carbocycles. The first-order chi connectivity index (χ1) is 13.0. The molecule has 2 N–H and O–H groups in total. The fourth-order valence-electron chi connectivity index (χ4n) is 2.78. The quantitative estimate of drug-likeness (QED) is 0.674. The molecular formula is C21H19FN2O3. The van der Waals surface area contributed by atoms with Crippen LogP contribution in [-0.4, -0.2) is 25.2 Å². The Morgan fingerprint density at radius 3 is 2.41 bits per heavy atom. The zero-order valence-electron chi connectivity index (χ0n) is 14.7. The van der Waals surface area contributed by atoms with Crippen LogP contribution in [0.2, 0.25) is 0 Å². The van der Waals surface area contributed by atoms with E-state index in [0.29, 0.717) is 11.3 Å². The Morgan fingerprint density at radius 2 is 1.70 bits per heavy atom. The van der Waals surface area contributed by atoms with Crippen LogP contribution in [0.25, 0.3) is 10.8 Å². The number of esters is 1. The number of nitrogens with one attached hydrogen (secondary N) is 2. The predicted molar refractivity (Wildman–Crippen MR) is 102 cm³/mol. The van der Waals surface area contributed by atoms with Crippen molar-refractivity contribution in [2.45, 2.75) is 12.5 Å². The number of anilines is 1. The van der Waals surface area contributed by atoms with Gasteiger partial charge in [-0.05, 0) is 40.6 Å². The Kier molecular flexibility index (Phi) is 5.66. The van der Waals surface area contributed by atoms with Crippen molar-refractivity contribution in [3.8, 4) is 0 Å². The monoisotopic (exact) mass is 366 g/mol. The van der Waals surface area contributed by atoms with Crippen LogP contribution in [0, 0.1) is 5.82 Å². The minimum Gasteiger partial charge on any atom is -0.467 e. The number of carbonyl (C=O) groups is 2. The van der Waals surface area contributed by atoms with E-state index in [1.807, 2.05) is 36.4 Å². The Hall–Kier alpha value is -3.41. The van der Waals surface area contributed by atoms with E-state index in [9.17, 15) is 14.0 Å². The fourth-order valence-corrected chi connectivity index (χ4v) is 2.78. The first kappa shape index (κ1) is 18.4. The maximum atomic E-state index is 13.0. The van der Waals surface area contributed by atoms with Gasteiger partial charge >= 0.3 is 12.0 Å². The number of ether oxygens (including phenoxy) is 1. The summed E-state index contributed by atoms with van der Waals surface area (Å²) in [5.74, 6) is -0.941. The summed E-state index contributed by atoms with van der Waals surface area (Å²) >= 11 is 0. The molecule has 1 atom stereocenters. The Bertz CT molecular complexity index is 957. The number of urea groups is 1. The van der Waals surface area contributed by atoms with Crippen molar-refractivity contribution in [1.82, 2.24) is 5.32 Å². The molecule has 0 aromatic heterocycles. The smallest absolute Gasteiger partial charge is 0.328 e. The molecule has 0 saturated heterocycles. The summed E-state index contributed by atoms with van der Waals surface area (Å²) in [6.45, 7) is 0. The molecule has 0 radical (unpaired) electrons. The predicted octanol–water partition coefficient (Wildman–Crippen LogP) is 3.88. The van der Waals surface area contributed by atoms with Crippen molar-refractivity contribution >= 4 is 28.5 Å². The molecule has 2 amide bonds. The lowest BCUT2D eigenvalue weighted by atomic mass is 10.1. The molecule has 3 rings (SSSR count). The molecule has 6 heteroatoms. The summed E-state index contributed by atoms with van der Waals surface area (Å²) in [4.78, 5) is 24.3. The summed E-state index contributed by atoms with van der Waals surface area (Å²) in [6, 6.07) is 17.7. The second kappa shape index (κ2) is 8.31. The first-order valence-corrected chi connectivity index (χ1v) is 8.44. The highest BCUT2D eigenvalue weighted by atomic mass is 19.1. The minimum absolute atomic E-state index is 0.193. The van der Waals surface area contributed by atoms with Crippen LogP contribution in [0.3, 0.4) is 0 Å². The lowest BCUT2D eigenvalue weighted by Gasteiger charge is -2.17. The van der Waals surface area contributed by atoms with Gasteiger partial charge < -0.3 is 15.4 Å². The van der Waals surface area contributed by atoms with E-state index in [1.54, 1.807) is 18.2 Å². The van der Waals surface area contributed by atoms with E-state index < -0.39 is 18.0 Å². The molecule has 0 fully saturated rings. The van der Waals surface area contributed by atoms with Crippen LogP contribution in [0.4, 0.5) is 14.9 Å². The molecule has 0 spiro atoms. The largest absolute Gasteiger partial charge is 0.467 e. The lowest BCUT2D eigenvalue weighted by molar-refractivity contribution is -0.142. The summed E-state index contributed by atoms with van der Waals surface area (Å²) in [7, 11) is 1.25. The number of methoxy groups -OCH3 is 1. The van der Waals surface area contributed by atoms with Gasteiger partial charge in [-0.2, -0.15) is 0 Å². The molecule has 0 heterocycles. The van der Waals surface area contributed by atoms with Crippen LogP contribution in [-0.2, 0) is 16.0 Å². The molecule has 1 unspecified atom stereocenters. The van der Waals surface area contributed by atoms with Crippen molar-refractivity contribution in [1.29, 1.82) is 0 Å². The molecular weight excluding hydrogens is 347 g/mol. The SMILES string of the molecule is COC(=O)C(Cc1ccc(F)cc1)NC(=O)Nc1ccc2ccccc2c1. The molecule has 0 saturated carbocycles. The van der Waals surface area contributed by atoms with Gasteiger partial charge in [0.05, 0.1) is 7.11 Å². The highest BCUT2D eigenvalue weighted by Crippen LogP contribution is 2.18. The molecule has 0 bridgehead atoms. The van der Waals surface area contributed by atoms with E-state index in [-0.39, 0.29) is 12.2 Å². The molecule has 3 aromatic carbocycles. The molecule has 138 valence electrons. The van der Waals surface area contributed by atoms with Gasteiger partial charge in [-0.15, -0.1) is 0 Å². The third-order valence-corrected chi connectivity index (χ3v) is 4.15. The van der Waals surface area contributed by atoms with Crippen LogP contribution < -0.4 is 10.6 Å². The normalized spacial score (nSPS) is 11.6. The first-order valence-electron chi connectivity index (χ1n) is 8.44. The summed E-state index contributed by atoms with van der Waals surface area (Å²) in [5, 5.41) is 7.38. The van der Waals surface area contributed by atoms with Crippen LogP contribution in [0.1, 0.15) is 5.56 Å². The summed E-state index contributed by atoms with van der Waals surface area (Å²) < 4.78 is 17.8. The number of benzene rings is 3. The molecule has 5 nitrogen and oxygen atoms in total. The number of halogens is 1. The summed E-state index contributed by atoms with van der Waals surface area (Å²) in [5.41, 5.74) is 1.31. The van der Waals surface area contributed by atoms with Crippen molar-refractivity contribution in [2.24, 2.45) is 0 Å². The number of carbonyl (C=O) groups excluding carboxylic acids is 2. The number of hydrogen-bond acceptors (Lipinski definition) is 3. The Morgan fingerprint density at radius 1 is 1.00 bits per heavy atom. The van der Waals surface area contributed by atoms with Gasteiger partial charge in [-0.3, -0.25) is 0 Å². The van der Waals surface area contributed by atoms with E-state index in [2.05, 4.69) is 10.6 Å². The maximum absolute atomic E-state index is 13.0. The van der Waals surface area contributed by atoms with Crippen LogP contribution in [0.15, 0.2) is 66.7 Å². The van der Waals surface area contributed by atoms with Crippen LogP contribution >= 0.6 is 0 Å². The molecule has 3 aromatic rings. The van der Waals surface area contributed by atoms with E-state index in [4.69, 9.17) is 4.74 Å². The number of amides is 2. The highest BCUT2D eigenvalue weighted by Gasteiger charge is 2.22. The third-order valence-electron chi connectivity index (χ3n) is 4.15. The molecule has 27 heavy (non-hydrogen) atoms. The van der Waals surface area contributed by atoms with Crippen molar-refractivity contribution in [3.05, 3.63) is 78.1 Å². The lowest BCUT2D eigenvalue weighted by Crippen LogP contribution is -2.45. The molecule has 0 aliphatic rings. The highest BCUT2D eigenvalue weighted by molar-refractivity contribution is 5.95. The van der Waals surface area contributed by atoms with E-state index >= 15 is 0 Å². The van der Waals surface area contributed by atoms with Crippen molar-refractivity contribution in [2.75, 3.05) is 12.4 Å². The van der Waals surface area contributed by atoms with E-state index in [0.717, 1.165) is 10.8 Å². The van der Waals surface area contributed by atoms with Gasteiger partial charge in [-0.25, -0.2) is 14.0 Å². The van der Waals surface area contributed by atoms with Gasteiger partial charge in [0.25, 0.3) is 0 Å². The number of hydrogen-bond donors (Lipinski definition) is 2. The number of fused-ring (bicyclic) bond motifs is 1. The van der Waals surface area contributed by atoms with Crippen molar-refractivity contribution in [3.63, 3.8) is 0 Å². The van der Waals surface area contributed by atoms with Gasteiger partial charge in [0.15, 0.2) is 0 Å². The third kappa shape index (κ3) is 4.82. The van der Waals surface area contributed by atoms with Crippen molar-refractivity contribution < 1.29 is 18.7 Å². The fraction of sp³-hybridized carbons (Fsp3) is 0.143. The standard InChI is InChI=1S/C21H19FN2O3/c1-27-20(25)19(12-14-6-9-17(22)10-7-14)24-21(26)23-18-11-8-15-4-2-3-5-16(15)13-18/h2-11,13,19H,12H2,1H3,(H2,23,24,26). The maximum Gasteiger partial charge on any atom is 0.328 e. The summed E-state index contributed by atoms with van der Waals surface area (Å²) in [6.07, 6.45) is 0.193. The van der Waals surface area contributed by atoms with Crippen LogP contribution in [0.5, 0.6) is 0 Å². The second-order valence-corrected chi connectivity index (χ2v) is 6.07. The zero-order chi connectivity index (χ0) is 19.2. The average molecular weight is 366 g/mol. The molecule has 0 aliphatic heterocycles. The van der Waals surface area contributed by atoms with Gasteiger partial charge in [0, 0.05) is 12.1 Å². The zero-order valence-corrected chi connectivity index (χ0v) is 14.7. The average Bonchev–Trinajstić information content (AvgIpc) is 2.68.